The summed E-state index contributed by atoms with van der Waals surface area (Å²) in [5.41, 5.74) is 3.42. The maximum Gasteiger partial charge on any atom is 0.323 e. The van der Waals surface area contributed by atoms with Gasteiger partial charge in [0.1, 0.15) is 5.41 Å². The zero-order valence-corrected chi connectivity index (χ0v) is 11.2. The quantitative estimate of drug-likeness (QED) is 0.573. The molecule has 0 bridgehead atoms. The van der Waals surface area contributed by atoms with Crippen LogP contribution in [0.4, 0.5) is 0 Å². The second-order valence-corrected chi connectivity index (χ2v) is 5.33. The number of carbonyl (C=O) groups is 2. The Morgan fingerprint density at radius 2 is 2.00 bits per heavy atom. The molecule has 3 nitrogen and oxygen atoms in total. The normalized spacial score (nSPS) is 25.1. The first kappa shape index (κ1) is 12.2. The van der Waals surface area contributed by atoms with Crippen molar-refractivity contribution in [3.63, 3.8) is 0 Å². The number of ether oxygens (including phenoxy) is 1. The molecule has 0 aliphatic heterocycles. The van der Waals surface area contributed by atoms with Crippen LogP contribution in [0, 0.1) is 5.41 Å². The molecule has 2 aliphatic rings. The van der Waals surface area contributed by atoms with Crippen LogP contribution in [0.5, 0.6) is 0 Å². The topological polar surface area (TPSA) is 43.4 Å². The average molecular weight is 256 g/mol. The summed E-state index contributed by atoms with van der Waals surface area (Å²) >= 11 is 0. The van der Waals surface area contributed by atoms with E-state index in [1.807, 2.05) is 12.1 Å². The van der Waals surface area contributed by atoms with Crippen LogP contribution < -0.4 is 0 Å². The molecule has 3 rings (SSSR count). The molecule has 1 aromatic rings. The first-order chi connectivity index (χ1) is 9.09. The molecule has 2 aliphatic carbocycles. The molecule has 98 valence electrons. The van der Waals surface area contributed by atoms with Crippen molar-refractivity contribution in [1.82, 2.24) is 0 Å². The lowest BCUT2D eigenvalue weighted by atomic mass is 9.70. The van der Waals surface area contributed by atoms with Gasteiger partial charge in [0.25, 0.3) is 0 Å². The minimum absolute atomic E-state index is 0.0223. The molecule has 0 amide bonds. The zero-order valence-electron chi connectivity index (χ0n) is 11.2. The Morgan fingerprint density at radius 1 is 1.26 bits per heavy atom. The molecule has 1 atom stereocenters. The monoisotopic (exact) mass is 256 g/mol. The Kier molecular flexibility index (Phi) is 2.59. The number of ketones is 1. The first-order valence-corrected chi connectivity index (χ1v) is 6.51. The number of hydrogen-bond acceptors (Lipinski definition) is 3. The lowest BCUT2D eigenvalue weighted by molar-refractivity contribution is -0.154. The summed E-state index contributed by atoms with van der Waals surface area (Å²) in [6.45, 7) is 1.71. The van der Waals surface area contributed by atoms with E-state index in [0.29, 0.717) is 12.8 Å². The van der Waals surface area contributed by atoms with Crippen molar-refractivity contribution in [1.29, 1.82) is 0 Å². The second kappa shape index (κ2) is 4.05. The van der Waals surface area contributed by atoms with E-state index in [1.54, 1.807) is 6.92 Å². The van der Waals surface area contributed by atoms with Gasteiger partial charge >= 0.3 is 5.97 Å². The highest BCUT2D eigenvalue weighted by Crippen LogP contribution is 2.49. The fraction of sp³-hybridized carbons (Fsp3) is 0.375. The Hall–Kier alpha value is -1.90. The molecule has 19 heavy (non-hydrogen) atoms. The largest absolute Gasteiger partial charge is 0.468 e. The van der Waals surface area contributed by atoms with Crippen LogP contribution in [0.2, 0.25) is 0 Å². The van der Waals surface area contributed by atoms with E-state index in [4.69, 9.17) is 4.74 Å². The summed E-state index contributed by atoms with van der Waals surface area (Å²) in [5.74, 6) is -0.455. The minimum Gasteiger partial charge on any atom is -0.468 e. The lowest BCUT2D eigenvalue weighted by Crippen LogP contribution is -2.41. The standard InChI is InChI=1S/C16H16O3/c1-16(15(18)19-2)13-9-10-5-3-4-6-11(10)12(13)7-8-14(16)17/h3-6H,7-9H2,1-2H3. The summed E-state index contributed by atoms with van der Waals surface area (Å²) in [4.78, 5) is 24.4. The van der Waals surface area contributed by atoms with Crippen molar-refractivity contribution >= 4 is 17.3 Å². The van der Waals surface area contributed by atoms with Crippen molar-refractivity contribution in [3.05, 3.63) is 41.0 Å². The number of esters is 1. The number of benzene rings is 1. The van der Waals surface area contributed by atoms with Gasteiger partial charge in [-0.3, -0.25) is 9.59 Å². The number of hydrogen-bond donors (Lipinski definition) is 0. The van der Waals surface area contributed by atoms with Crippen molar-refractivity contribution < 1.29 is 14.3 Å². The number of allylic oxidation sites excluding steroid dienone is 1. The Bertz CT molecular complexity index is 612. The maximum atomic E-state index is 12.3. The number of methoxy groups -OCH3 is 1. The number of fused-ring (bicyclic) bond motifs is 2. The predicted octanol–water partition coefficient (Wildman–Crippen LogP) is 2.54. The van der Waals surface area contributed by atoms with E-state index >= 15 is 0 Å². The van der Waals surface area contributed by atoms with Gasteiger partial charge in [-0.05, 0) is 42.0 Å². The fourth-order valence-corrected chi connectivity index (χ4v) is 3.29. The molecule has 0 spiro atoms. The average Bonchev–Trinajstić information content (AvgIpc) is 2.81. The van der Waals surface area contributed by atoms with Gasteiger partial charge < -0.3 is 4.74 Å². The summed E-state index contributed by atoms with van der Waals surface area (Å²) in [6, 6.07) is 8.14. The molecule has 0 fully saturated rings. The van der Waals surface area contributed by atoms with Gasteiger partial charge in [0.15, 0.2) is 5.78 Å². The zero-order chi connectivity index (χ0) is 13.6. The van der Waals surface area contributed by atoms with E-state index in [0.717, 1.165) is 12.0 Å². The Balaban J connectivity index is 2.16. The smallest absolute Gasteiger partial charge is 0.323 e. The van der Waals surface area contributed by atoms with Crippen LogP contribution in [-0.4, -0.2) is 18.9 Å². The Labute approximate surface area is 112 Å². The molecule has 3 heteroatoms. The molecule has 0 aromatic heterocycles. The van der Waals surface area contributed by atoms with Gasteiger partial charge in [-0.1, -0.05) is 24.3 Å². The lowest BCUT2D eigenvalue weighted by Gasteiger charge is -2.31. The van der Waals surface area contributed by atoms with E-state index < -0.39 is 11.4 Å². The summed E-state index contributed by atoms with van der Waals surface area (Å²) in [7, 11) is 1.35. The van der Waals surface area contributed by atoms with E-state index in [9.17, 15) is 9.59 Å². The molecular weight excluding hydrogens is 240 g/mol. The summed E-state index contributed by atoms with van der Waals surface area (Å²) in [5, 5.41) is 0. The fourth-order valence-electron chi connectivity index (χ4n) is 3.29. The summed E-state index contributed by atoms with van der Waals surface area (Å²) < 4.78 is 4.88. The van der Waals surface area contributed by atoms with Crippen molar-refractivity contribution in [2.24, 2.45) is 5.41 Å². The highest BCUT2D eigenvalue weighted by Gasteiger charge is 2.50. The van der Waals surface area contributed by atoms with Crippen LogP contribution in [0.15, 0.2) is 29.8 Å². The van der Waals surface area contributed by atoms with E-state index in [1.165, 1.54) is 23.8 Å². The predicted molar refractivity (Wildman–Crippen MR) is 71.4 cm³/mol. The van der Waals surface area contributed by atoms with Crippen LogP contribution >= 0.6 is 0 Å². The van der Waals surface area contributed by atoms with Gasteiger partial charge in [0.2, 0.25) is 0 Å². The van der Waals surface area contributed by atoms with Gasteiger partial charge in [-0.15, -0.1) is 0 Å². The SMILES string of the molecule is COC(=O)C1(C)C(=O)CCC2=C1Cc1ccccc12. The van der Waals surface area contributed by atoms with Gasteiger partial charge in [0, 0.05) is 6.42 Å². The molecule has 0 saturated heterocycles. The maximum absolute atomic E-state index is 12.3. The molecule has 1 aromatic carbocycles. The van der Waals surface area contributed by atoms with Gasteiger partial charge in [0.05, 0.1) is 7.11 Å². The van der Waals surface area contributed by atoms with Crippen molar-refractivity contribution in [2.75, 3.05) is 7.11 Å². The van der Waals surface area contributed by atoms with Crippen LogP contribution in [0.1, 0.15) is 30.9 Å². The summed E-state index contributed by atoms with van der Waals surface area (Å²) in [6.07, 6.45) is 1.83. The Morgan fingerprint density at radius 3 is 2.74 bits per heavy atom. The number of Topliss-reactive ketones (excluding diaryl/α,β-unsaturated/α-hetero) is 1. The van der Waals surface area contributed by atoms with Gasteiger partial charge in [-0.2, -0.15) is 0 Å². The van der Waals surface area contributed by atoms with Crippen LogP contribution in [0.25, 0.3) is 5.57 Å². The van der Waals surface area contributed by atoms with Crippen LogP contribution in [0.3, 0.4) is 0 Å². The van der Waals surface area contributed by atoms with E-state index in [-0.39, 0.29) is 5.78 Å². The molecule has 0 N–H and O–H groups in total. The molecule has 0 heterocycles. The van der Waals surface area contributed by atoms with Gasteiger partial charge in [-0.25, -0.2) is 0 Å². The highest BCUT2D eigenvalue weighted by atomic mass is 16.5. The first-order valence-electron chi connectivity index (χ1n) is 6.51. The third-order valence-corrected chi connectivity index (χ3v) is 4.43. The molecular formula is C16H16O3. The van der Waals surface area contributed by atoms with Crippen LogP contribution in [-0.2, 0) is 20.7 Å². The number of rotatable bonds is 1. The second-order valence-electron chi connectivity index (χ2n) is 5.33. The molecule has 1 unspecified atom stereocenters. The van der Waals surface area contributed by atoms with Crippen molar-refractivity contribution in [2.45, 2.75) is 26.2 Å². The number of carbonyl (C=O) groups excluding carboxylic acids is 2. The third kappa shape index (κ3) is 1.51. The van der Waals surface area contributed by atoms with E-state index in [2.05, 4.69) is 12.1 Å². The molecule has 0 saturated carbocycles. The highest BCUT2D eigenvalue weighted by molar-refractivity contribution is 6.11. The molecule has 0 radical (unpaired) electrons. The minimum atomic E-state index is -1.10. The third-order valence-electron chi connectivity index (χ3n) is 4.43. The van der Waals surface area contributed by atoms with Crippen molar-refractivity contribution in [3.8, 4) is 0 Å².